The number of halogens is 2. The number of hydrogen-bond donors (Lipinski definition) is 1. The van der Waals surface area contributed by atoms with Gasteiger partial charge in [0.15, 0.2) is 0 Å². The summed E-state index contributed by atoms with van der Waals surface area (Å²) in [6.45, 7) is 1.76. The summed E-state index contributed by atoms with van der Waals surface area (Å²) in [7, 11) is 0. The predicted molar refractivity (Wildman–Crippen MR) is 92.4 cm³/mol. The highest BCUT2D eigenvalue weighted by Crippen LogP contribution is 2.28. The molecule has 3 nitrogen and oxygen atoms in total. The maximum Gasteiger partial charge on any atom is 0.266 e. The number of nitriles is 1. The molecule has 0 fully saturated rings. The Hall–Kier alpha value is -2.90. The summed E-state index contributed by atoms with van der Waals surface area (Å²) in [5.41, 5.74) is 3.19. The monoisotopic (exact) mass is 338 g/mol. The van der Waals surface area contributed by atoms with Crippen molar-refractivity contribution in [1.29, 1.82) is 5.26 Å². The summed E-state index contributed by atoms with van der Waals surface area (Å²) < 4.78 is 13.6. The van der Waals surface area contributed by atoms with Gasteiger partial charge in [0.05, 0.1) is 5.02 Å². The first-order valence-corrected chi connectivity index (χ1v) is 7.57. The van der Waals surface area contributed by atoms with Crippen LogP contribution in [0, 0.1) is 24.1 Å². The third-order valence-electron chi connectivity index (χ3n) is 3.73. The average molecular weight is 339 g/mol. The van der Waals surface area contributed by atoms with Crippen LogP contribution in [0.2, 0.25) is 5.02 Å². The maximum absolute atomic E-state index is 13.6. The number of nitrogens with one attached hydrogen (secondary N) is 1. The molecular weight excluding hydrogens is 327 g/mol. The van der Waals surface area contributed by atoms with Gasteiger partial charge in [0.1, 0.15) is 17.4 Å². The lowest BCUT2D eigenvalue weighted by Gasteiger charge is -2.08. The number of rotatable bonds is 2. The minimum absolute atomic E-state index is 0.0749. The average Bonchev–Trinajstić information content (AvgIpc) is 2.57. The van der Waals surface area contributed by atoms with Gasteiger partial charge in [-0.05, 0) is 41.8 Å². The zero-order valence-corrected chi connectivity index (χ0v) is 13.5. The van der Waals surface area contributed by atoms with Crippen molar-refractivity contribution in [2.24, 2.45) is 0 Å². The van der Waals surface area contributed by atoms with E-state index in [1.54, 1.807) is 31.2 Å². The Morgan fingerprint density at radius 1 is 1.04 bits per heavy atom. The lowest BCUT2D eigenvalue weighted by Crippen LogP contribution is -2.12. The van der Waals surface area contributed by atoms with Crippen LogP contribution >= 0.6 is 11.6 Å². The number of nitrogens with zero attached hydrogens (tertiary/aromatic N) is 1. The molecule has 0 aliphatic rings. The van der Waals surface area contributed by atoms with E-state index in [0.29, 0.717) is 16.8 Å². The highest BCUT2D eigenvalue weighted by Gasteiger charge is 2.10. The Kier molecular flexibility index (Phi) is 4.20. The zero-order chi connectivity index (χ0) is 17.3. The molecule has 5 heteroatoms. The van der Waals surface area contributed by atoms with Crippen LogP contribution in [0.4, 0.5) is 4.39 Å². The molecule has 0 saturated heterocycles. The quantitative estimate of drug-likeness (QED) is 0.737. The molecule has 24 heavy (non-hydrogen) atoms. The van der Waals surface area contributed by atoms with E-state index in [4.69, 9.17) is 11.6 Å². The Bertz CT molecular complexity index is 1020. The molecule has 118 valence electrons. The fraction of sp³-hybridized carbons (Fsp3) is 0.0526. The van der Waals surface area contributed by atoms with Crippen LogP contribution in [0.15, 0.2) is 53.3 Å². The van der Waals surface area contributed by atoms with Gasteiger partial charge < -0.3 is 4.98 Å². The predicted octanol–water partition coefficient (Wildman–Crippen LogP) is 4.68. The molecule has 1 aromatic heterocycles. The number of H-pyrrole nitrogens is 1. The van der Waals surface area contributed by atoms with Gasteiger partial charge >= 0.3 is 0 Å². The van der Waals surface area contributed by atoms with Gasteiger partial charge in [-0.25, -0.2) is 4.39 Å². The second-order valence-corrected chi connectivity index (χ2v) is 5.80. The Morgan fingerprint density at radius 2 is 1.67 bits per heavy atom. The Morgan fingerprint density at radius 3 is 2.29 bits per heavy atom. The van der Waals surface area contributed by atoms with E-state index in [2.05, 4.69) is 4.98 Å². The highest BCUT2D eigenvalue weighted by molar-refractivity contribution is 6.30. The van der Waals surface area contributed by atoms with E-state index in [-0.39, 0.29) is 10.6 Å². The van der Waals surface area contributed by atoms with Gasteiger partial charge in [-0.1, -0.05) is 41.9 Å². The minimum atomic E-state index is -0.477. The molecule has 0 atom stereocenters. The molecule has 3 rings (SSSR count). The molecule has 1 N–H and O–H groups in total. The van der Waals surface area contributed by atoms with Gasteiger partial charge in [0, 0.05) is 11.3 Å². The zero-order valence-electron chi connectivity index (χ0n) is 12.7. The largest absolute Gasteiger partial charge is 0.325 e. The normalized spacial score (nSPS) is 10.4. The number of hydrogen-bond acceptors (Lipinski definition) is 2. The van der Waals surface area contributed by atoms with Gasteiger partial charge in [0.2, 0.25) is 0 Å². The second-order valence-electron chi connectivity index (χ2n) is 5.39. The minimum Gasteiger partial charge on any atom is -0.325 e. The fourth-order valence-corrected chi connectivity index (χ4v) is 2.66. The molecule has 0 spiro atoms. The molecule has 0 aliphatic carbocycles. The third-order valence-corrected chi connectivity index (χ3v) is 4.04. The van der Waals surface area contributed by atoms with Crippen molar-refractivity contribution in [2.45, 2.75) is 6.92 Å². The Balaban J connectivity index is 2.06. The maximum atomic E-state index is 13.6. The molecule has 0 aliphatic heterocycles. The van der Waals surface area contributed by atoms with Crippen LogP contribution < -0.4 is 5.56 Å². The SMILES string of the molecule is Cc1cc(-c2ccc(-c3ccc(Cl)c(F)c3)cc2)c(C#N)c(=O)[nH]1. The third kappa shape index (κ3) is 2.94. The molecule has 3 aromatic rings. The van der Waals surface area contributed by atoms with Crippen LogP contribution in [0.3, 0.4) is 0 Å². The smallest absolute Gasteiger partial charge is 0.266 e. The number of aromatic nitrogens is 1. The molecule has 0 unspecified atom stereocenters. The van der Waals surface area contributed by atoms with Crippen LogP contribution in [-0.4, -0.2) is 4.98 Å². The van der Waals surface area contributed by atoms with E-state index >= 15 is 0 Å². The van der Waals surface area contributed by atoms with Crippen LogP contribution in [0.1, 0.15) is 11.3 Å². The summed E-state index contributed by atoms with van der Waals surface area (Å²) in [6.07, 6.45) is 0. The van der Waals surface area contributed by atoms with Crippen LogP contribution in [0.5, 0.6) is 0 Å². The van der Waals surface area contributed by atoms with Crippen molar-refractivity contribution in [3.05, 3.63) is 81.0 Å². The van der Waals surface area contributed by atoms with Gasteiger partial charge in [-0.2, -0.15) is 5.26 Å². The summed E-state index contributed by atoms with van der Waals surface area (Å²) >= 11 is 5.70. The summed E-state index contributed by atoms with van der Waals surface area (Å²) in [4.78, 5) is 14.5. The van der Waals surface area contributed by atoms with Crippen LogP contribution in [0.25, 0.3) is 22.3 Å². The van der Waals surface area contributed by atoms with E-state index in [1.165, 1.54) is 12.1 Å². The van der Waals surface area contributed by atoms with Crippen molar-refractivity contribution in [3.63, 3.8) is 0 Å². The van der Waals surface area contributed by atoms with E-state index in [9.17, 15) is 14.4 Å². The topological polar surface area (TPSA) is 56.6 Å². The number of pyridine rings is 1. The second kappa shape index (κ2) is 6.31. The van der Waals surface area contributed by atoms with E-state index in [0.717, 1.165) is 11.1 Å². The number of benzene rings is 2. The van der Waals surface area contributed by atoms with E-state index < -0.39 is 11.4 Å². The lowest BCUT2D eigenvalue weighted by molar-refractivity contribution is 0.629. The van der Waals surface area contributed by atoms with Gasteiger partial charge in [0.25, 0.3) is 5.56 Å². The molecule has 1 heterocycles. The van der Waals surface area contributed by atoms with Crippen molar-refractivity contribution < 1.29 is 4.39 Å². The molecule has 0 radical (unpaired) electrons. The Labute approximate surface area is 143 Å². The highest BCUT2D eigenvalue weighted by atomic mass is 35.5. The first-order chi connectivity index (χ1) is 11.5. The van der Waals surface area contributed by atoms with Crippen molar-refractivity contribution in [1.82, 2.24) is 4.98 Å². The van der Waals surface area contributed by atoms with Crippen molar-refractivity contribution in [2.75, 3.05) is 0 Å². The standard InChI is InChI=1S/C19H12ClFN2O/c1-11-8-15(16(10-22)19(24)23-11)13-4-2-12(3-5-13)14-6-7-17(20)18(21)9-14/h2-9H,1H3,(H,23,24). The van der Waals surface area contributed by atoms with E-state index in [1.807, 2.05) is 18.2 Å². The number of aryl methyl sites for hydroxylation is 1. The summed E-state index contributed by atoms with van der Waals surface area (Å²) in [5.74, 6) is -0.477. The first kappa shape index (κ1) is 16.0. The molecule has 2 aromatic carbocycles. The van der Waals surface area contributed by atoms with Crippen molar-refractivity contribution in [3.8, 4) is 28.3 Å². The number of aromatic amines is 1. The summed E-state index contributed by atoms with van der Waals surface area (Å²) in [5, 5.41) is 9.29. The molecular formula is C19H12ClFN2O. The first-order valence-electron chi connectivity index (χ1n) is 7.19. The fourth-order valence-electron chi connectivity index (χ4n) is 2.55. The molecule has 0 amide bonds. The van der Waals surface area contributed by atoms with Crippen molar-refractivity contribution >= 4 is 11.6 Å². The van der Waals surface area contributed by atoms with Gasteiger partial charge in [-0.3, -0.25) is 4.79 Å². The molecule has 0 saturated carbocycles. The summed E-state index contributed by atoms with van der Waals surface area (Å²) in [6, 6.07) is 15.6. The lowest BCUT2D eigenvalue weighted by atomic mass is 9.98. The molecule has 0 bridgehead atoms. The van der Waals surface area contributed by atoms with Gasteiger partial charge in [-0.15, -0.1) is 0 Å². The van der Waals surface area contributed by atoms with Crippen LogP contribution in [-0.2, 0) is 0 Å².